The molecule has 2 amide bonds. The van der Waals surface area contributed by atoms with Crippen molar-refractivity contribution in [3.8, 4) is 0 Å². The third kappa shape index (κ3) is 1.62. The number of hydrogen-bond donors (Lipinski definition) is 0. The zero-order chi connectivity index (χ0) is 13.7. The van der Waals surface area contributed by atoms with Crippen LogP contribution in [-0.2, 0) is 9.59 Å². The lowest BCUT2D eigenvalue weighted by Gasteiger charge is -2.19. The van der Waals surface area contributed by atoms with E-state index in [2.05, 4.69) is 4.98 Å². The summed E-state index contributed by atoms with van der Waals surface area (Å²) in [5.41, 5.74) is 3.39. The Bertz CT molecular complexity index is 685. The molecule has 1 aromatic heterocycles. The topological polar surface area (TPSA) is 50.3 Å². The lowest BCUT2D eigenvalue weighted by atomic mass is 9.81. The summed E-state index contributed by atoms with van der Waals surface area (Å²) in [5.74, 6) is -0.200. The van der Waals surface area contributed by atoms with Crippen molar-refractivity contribution in [3.05, 3.63) is 23.7 Å². The van der Waals surface area contributed by atoms with Gasteiger partial charge in [0.2, 0.25) is 11.8 Å². The van der Waals surface area contributed by atoms with E-state index in [4.69, 9.17) is 0 Å². The first kappa shape index (κ1) is 12.0. The molecule has 0 bridgehead atoms. The van der Waals surface area contributed by atoms with E-state index in [9.17, 15) is 9.59 Å². The second kappa shape index (κ2) is 4.38. The quantitative estimate of drug-likeness (QED) is 0.757. The van der Waals surface area contributed by atoms with Crippen LogP contribution in [0.15, 0.2) is 23.7 Å². The normalized spacial score (nSPS) is 26.3. The average Bonchev–Trinajstić information content (AvgIpc) is 3.03. The molecule has 0 radical (unpaired) electrons. The molecular formula is C15H14N2O2S. The number of amides is 2. The Kier molecular flexibility index (Phi) is 2.63. The number of thiazole rings is 1. The minimum absolute atomic E-state index is 0.0106. The molecule has 1 aliphatic heterocycles. The van der Waals surface area contributed by atoms with E-state index in [0.717, 1.165) is 35.9 Å². The molecule has 1 aliphatic carbocycles. The van der Waals surface area contributed by atoms with Crippen molar-refractivity contribution < 1.29 is 9.59 Å². The minimum Gasteiger partial charge on any atom is -0.274 e. The smallest absolute Gasteiger partial charge is 0.237 e. The van der Waals surface area contributed by atoms with Gasteiger partial charge in [0.05, 0.1) is 33.3 Å². The first-order valence-corrected chi connectivity index (χ1v) is 7.85. The van der Waals surface area contributed by atoms with Crippen molar-refractivity contribution >= 4 is 39.1 Å². The lowest BCUT2D eigenvalue weighted by molar-refractivity contribution is -0.122. The number of rotatable bonds is 1. The molecule has 4 nitrogen and oxygen atoms in total. The summed E-state index contributed by atoms with van der Waals surface area (Å²) in [5, 5.41) is 0. The number of carbonyl (C=O) groups excluding carboxylic acids is 2. The molecule has 5 heteroatoms. The Morgan fingerprint density at radius 1 is 1.10 bits per heavy atom. The van der Waals surface area contributed by atoms with Gasteiger partial charge >= 0.3 is 0 Å². The Morgan fingerprint density at radius 2 is 1.80 bits per heavy atom. The maximum atomic E-state index is 12.5. The highest BCUT2D eigenvalue weighted by molar-refractivity contribution is 7.16. The number of hydrogen-bond acceptors (Lipinski definition) is 4. The third-order valence-corrected chi connectivity index (χ3v) is 5.21. The fourth-order valence-corrected chi connectivity index (χ4v) is 4.11. The zero-order valence-electron chi connectivity index (χ0n) is 10.9. The van der Waals surface area contributed by atoms with Gasteiger partial charge in [-0.25, -0.2) is 4.98 Å². The highest BCUT2D eigenvalue weighted by Gasteiger charge is 2.48. The van der Waals surface area contributed by atoms with Crippen molar-refractivity contribution in [3.63, 3.8) is 0 Å². The van der Waals surface area contributed by atoms with Crippen molar-refractivity contribution in [1.29, 1.82) is 0 Å². The molecule has 1 aromatic carbocycles. The fourth-order valence-electron chi connectivity index (χ4n) is 3.40. The van der Waals surface area contributed by atoms with Gasteiger partial charge in [-0.3, -0.25) is 14.5 Å². The molecule has 20 heavy (non-hydrogen) atoms. The fraction of sp³-hybridized carbons (Fsp3) is 0.400. The van der Waals surface area contributed by atoms with E-state index in [0.29, 0.717) is 5.69 Å². The molecule has 2 heterocycles. The highest BCUT2D eigenvalue weighted by atomic mass is 32.1. The molecule has 1 saturated heterocycles. The summed E-state index contributed by atoms with van der Waals surface area (Å²) in [4.78, 5) is 30.7. The van der Waals surface area contributed by atoms with Crippen molar-refractivity contribution in [2.45, 2.75) is 25.7 Å². The highest BCUT2D eigenvalue weighted by Crippen LogP contribution is 2.40. The first-order chi connectivity index (χ1) is 9.75. The van der Waals surface area contributed by atoms with E-state index >= 15 is 0 Å². The van der Waals surface area contributed by atoms with E-state index in [1.54, 1.807) is 5.51 Å². The Balaban J connectivity index is 1.76. The lowest BCUT2D eigenvalue weighted by Crippen LogP contribution is -2.30. The second-order valence-corrected chi connectivity index (χ2v) is 6.40. The van der Waals surface area contributed by atoms with Gasteiger partial charge in [-0.2, -0.15) is 0 Å². The van der Waals surface area contributed by atoms with Crippen molar-refractivity contribution in [2.75, 3.05) is 4.90 Å². The van der Waals surface area contributed by atoms with Crippen LogP contribution in [0.4, 0.5) is 5.69 Å². The Morgan fingerprint density at radius 3 is 2.50 bits per heavy atom. The van der Waals surface area contributed by atoms with Crippen LogP contribution in [0.5, 0.6) is 0 Å². The molecule has 102 valence electrons. The largest absolute Gasteiger partial charge is 0.274 e. The molecule has 2 aromatic rings. The maximum Gasteiger partial charge on any atom is 0.237 e. The third-order valence-electron chi connectivity index (χ3n) is 4.41. The monoisotopic (exact) mass is 286 g/mol. The van der Waals surface area contributed by atoms with Gasteiger partial charge in [0.15, 0.2) is 0 Å². The standard InChI is InChI=1S/C15H14N2O2S/c18-14-10-3-1-2-4-11(10)15(19)17(14)9-5-6-12-13(7-9)20-8-16-12/h5-8,10-11H,1-4H2. The summed E-state index contributed by atoms with van der Waals surface area (Å²) in [6.07, 6.45) is 3.83. The van der Waals surface area contributed by atoms with Crippen LogP contribution < -0.4 is 4.90 Å². The Hall–Kier alpha value is -1.75. The number of nitrogens with zero attached hydrogens (tertiary/aromatic N) is 2. The molecule has 1 saturated carbocycles. The number of imide groups is 1. The summed E-state index contributed by atoms with van der Waals surface area (Å²) >= 11 is 1.53. The summed E-state index contributed by atoms with van der Waals surface area (Å²) in [6, 6.07) is 5.61. The van der Waals surface area contributed by atoms with Gasteiger partial charge < -0.3 is 0 Å². The molecule has 0 N–H and O–H groups in total. The summed E-state index contributed by atoms with van der Waals surface area (Å²) in [7, 11) is 0. The SMILES string of the molecule is O=C1C2CCCCC2C(=O)N1c1ccc2ncsc2c1. The van der Waals surface area contributed by atoms with Crippen LogP contribution >= 0.6 is 11.3 Å². The zero-order valence-corrected chi connectivity index (χ0v) is 11.7. The van der Waals surface area contributed by atoms with Crippen molar-refractivity contribution in [1.82, 2.24) is 4.98 Å². The molecule has 0 spiro atoms. The number of aromatic nitrogens is 1. The number of carbonyl (C=O) groups is 2. The minimum atomic E-state index is -0.0894. The number of anilines is 1. The van der Waals surface area contributed by atoms with Crippen LogP contribution in [0.1, 0.15) is 25.7 Å². The van der Waals surface area contributed by atoms with Gasteiger partial charge in [0.25, 0.3) is 0 Å². The van der Waals surface area contributed by atoms with E-state index in [1.807, 2.05) is 18.2 Å². The molecule has 2 fully saturated rings. The number of fused-ring (bicyclic) bond motifs is 2. The summed E-state index contributed by atoms with van der Waals surface area (Å²) in [6.45, 7) is 0. The second-order valence-electron chi connectivity index (χ2n) is 5.51. The predicted octanol–water partition coefficient (Wildman–Crippen LogP) is 2.98. The van der Waals surface area contributed by atoms with Gasteiger partial charge in [0.1, 0.15) is 0 Å². The summed E-state index contributed by atoms with van der Waals surface area (Å²) < 4.78 is 1.01. The van der Waals surface area contributed by atoms with Crippen LogP contribution in [-0.4, -0.2) is 16.8 Å². The Labute approximate surface area is 120 Å². The molecule has 2 aliphatic rings. The molecule has 2 unspecified atom stereocenters. The van der Waals surface area contributed by atoms with Gasteiger partial charge in [0, 0.05) is 0 Å². The van der Waals surface area contributed by atoms with Crippen LogP contribution in [0, 0.1) is 11.8 Å². The molecule has 2 atom stereocenters. The van der Waals surface area contributed by atoms with E-state index in [-0.39, 0.29) is 23.7 Å². The van der Waals surface area contributed by atoms with E-state index in [1.165, 1.54) is 16.2 Å². The molecule has 4 rings (SSSR count). The van der Waals surface area contributed by atoms with Gasteiger partial charge in [-0.15, -0.1) is 11.3 Å². The first-order valence-electron chi connectivity index (χ1n) is 6.97. The van der Waals surface area contributed by atoms with Crippen molar-refractivity contribution in [2.24, 2.45) is 11.8 Å². The van der Waals surface area contributed by atoms with Crippen LogP contribution in [0.25, 0.3) is 10.2 Å². The van der Waals surface area contributed by atoms with Gasteiger partial charge in [-0.05, 0) is 31.0 Å². The van der Waals surface area contributed by atoms with Crippen LogP contribution in [0.3, 0.4) is 0 Å². The van der Waals surface area contributed by atoms with E-state index < -0.39 is 0 Å². The van der Waals surface area contributed by atoms with Gasteiger partial charge in [-0.1, -0.05) is 12.8 Å². The maximum absolute atomic E-state index is 12.5. The number of benzene rings is 1. The average molecular weight is 286 g/mol. The molecular weight excluding hydrogens is 272 g/mol. The predicted molar refractivity (Wildman–Crippen MR) is 77.6 cm³/mol. The van der Waals surface area contributed by atoms with Crippen LogP contribution in [0.2, 0.25) is 0 Å².